The van der Waals surface area contributed by atoms with Gasteiger partial charge in [0.15, 0.2) is 5.82 Å². The summed E-state index contributed by atoms with van der Waals surface area (Å²) in [7, 11) is -1.91. The standard InChI is InChI=1S/C15H21N5O3S/c1-10-7-11(2)17-15(16-10)13-8-20(5-6-23-13)24(21,22)14-9-19(4)18-12(14)3/h7,9,13H,5-6,8H2,1-4H3. The van der Waals surface area contributed by atoms with Crippen LogP contribution in [-0.4, -0.2) is 52.2 Å². The quantitative estimate of drug-likeness (QED) is 0.816. The number of hydrogen-bond donors (Lipinski definition) is 0. The van der Waals surface area contributed by atoms with Gasteiger partial charge >= 0.3 is 0 Å². The fourth-order valence-corrected chi connectivity index (χ4v) is 4.49. The molecular formula is C15H21N5O3S. The molecule has 1 atom stereocenters. The summed E-state index contributed by atoms with van der Waals surface area (Å²) in [5.41, 5.74) is 2.16. The molecule has 0 saturated carbocycles. The lowest BCUT2D eigenvalue weighted by molar-refractivity contribution is -0.00770. The largest absolute Gasteiger partial charge is 0.367 e. The first-order valence-corrected chi connectivity index (χ1v) is 9.15. The Hall–Kier alpha value is -1.84. The van der Waals surface area contributed by atoms with Crippen molar-refractivity contribution in [3.05, 3.63) is 35.2 Å². The van der Waals surface area contributed by atoms with Crippen LogP contribution in [0.15, 0.2) is 17.2 Å². The molecule has 0 radical (unpaired) electrons. The summed E-state index contributed by atoms with van der Waals surface area (Å²) in [6.07, 6.45) is 1.06. The summed E-state index contributed by atoms with van der Waals surface area (Å²) >= 11 is 0. The molecule has 0 amide bonds. The highest BCUT2D eigenvalue weighted by Crippen LogP contribution is 2.26. The van der Waals surface area contributed by atoms with Crippen molar-refractivity contribution in [2.24, 2.45) is 7.05 Å². The Labute approximate surface area is 141 Å². The maximum atomic E-state index is 12.9. The van der Waals surface area contributed by atoms with Crippen LogP contribution in [0.4, 0.5) is 0 Å². The van der Waals surface area contributed by atoms with Crippen LogP contribution in [0.25, 0.3) is 0 Å². The number of ether oxygens (including phenoxy) is 1. The van der Waals surface area contributed by atoms with Crippen LogP contribution < -0.4 is 0 Å². The second kappa shape index (κ2) is 6.23. The van der Waals surface area contributed by atoms with E-state index in [1.165, 1.54) is 15.2 Å². The molecule has 1 aliphatic rings. The molecular weight excluding hydrogens is 330 g/mol. The number of aryl methyl sites for hydroxylation is 4. The molecule has 1 aliphatic heterocycles. The van der Waals surface area contributed by atoms with Gasteiger partial charge < -0.3 is 4.74 Å². The number of aromatic nitrogens is 4. The van der Waals surface area contributed by atoms with E-state index in [-0.39, 0.29) is 11.4 Å². The average Bonchev–Trinajstić information content (AvgIpc) is 2.86. The molecule has 130 valence electrons. The van der Waals surface area contributed by atoms with Crippen molar-refractivity contribution in [2.75, 3.05) is 19.7 Å². The number of morpholine rings is 1. The van der Waals surface area contributed by atoms with E-state index in [2.05, 4.69) is 15.1 Å². The van der Waals surface area contributed by atoms with Gasteiger partial charge in [-0.3, -0.25) is 4.68 Å². The summed E-state index contributed by atoms with van der Waals surface area (Å²) in [5.74, 6) is 0.523. The zero-order chi connectivity index (χ0) is 17.5. The van der Waals surface area contributed by atoms with Gasteiger partial charge in [0.2, 0.25) is 10.0 Å². The van der Waals surface area contributed by atoms with Crippen LogP contribution in [-0.2, 0) is 21.8 Å². The van der Waals surface area contributed by atoms with Crippen LogP contribution in [0.2, 0.25) is 0 Å². The smallest absolute Gasteiger partial charge is 0.246 e. The Morgan fingerprint density at radius 2 is 1.88 bits per heavy atom. The Bertz CT molecular complexity index is 842. The lowest BCUT2D eigenvalue weighted by Gasteiger charge is -2.31. The monoisotopic (exact) mass is 351 g/mol. The minimum Gasteiger partial charge on any atom is -0.367 e. The van der Waals surface area contributed by atoms with Gasteiger partial charge in [0, 0.05) is 37.7 Å². The van der Waals surface area contributed by atoms with Gasteiger partial charge in [-0.2, -0.15) is 9.40 Å². The molecule has 0 aliphatic carbocycles. The zero-order valence-electron chi connectivity index (χ0n) is 14.2. The second-order valence-electron chi connectivity index (χ2n) is 5.98. The van der Waals surface area contributed by atoms with Crippen molar-refractivity contribution in [1.29, 1.82) is 0 Å². The Kier molecular flexibility index (Phi) is 4.41. The molecule has 1 unspecified atom stereocenters. The van der Waals surface area contributed by atoms with Crippen LogP contribution in [0, 0.1) is 20.8 Å². The summed E-state index contributed by atoms with van der Waals surface area (Å²) < 4.78 is 34.5. The lowest BCUT2D eigenvalue weighted by atomic mass is 10.2. The van der Waals surface area contributed by atoms with E-state index >= 15 is 0 Å². The Balaban J connectivity index is 1.89. The SMILES string of the molecule is Cc1cc(C)nc(C2CN(S(=O)(=O)c3cn(C)nc3C)CCO2)n1. The number of sulfonamides is 1. The minimum absolute atomic E-state index is 0.194. The first-order chi connectivity index (χ1) is 11.3. The molecule has 9 heteroatoms. The van der Waals surface area contributed by atoms with E-state index in [1.54, 1.807) is 14.0 Å². The molecule has 0 bridgehead atoms. The van der Waals surface area contributed by atoms with E-state index in [9.17, 15) is 8.42 Å². The molecule has 0 aromatic carbocycles. The number of nitrogens with zero attached hydrogens (tertiary/aromatic N) is 5. The fraction of sp³-hybridized carbons (Fsp3) is 0.533. The second-order valence-corrected chi connectivity index (χ2v) is 7.89. The van der Waals surface area contributed by atoms with Crippen molar-refractivity contribution < 1.29 is 13.2 Å². The average molecular weight is 351 g/mol. The minimum atomic E-state index is -3.62. The van der Waals surface area contributed by atoms with Crippen molar-refractivity contribution in [2.45, 2.75) is 31.8 Å². The van der Waals surface area contributed by atoms with Gasteiger partial charge in [0.05, 0.1) is 12.3 Å². The van der Waals surface area contributed by atoms with Crippen LogP contribution in [0.3, 0.4) is 0 Å². The molecule has 2 aromatic heterocycles. The Morgan fingerprint density at radius 1 is 1.21 bits per heavy atom. The van der Waals surface area contributed by atoms with Crippen molar-refractivity contribution in [3.63, 3.8) is 0 Å². The predicted octanol–water partition coefficient (Wildman–Crippen LogP) is 0.898. The highest BCUT2D eigenvalue weighted by molar-refractivity contribution is 7.89. The lowest BCUT2D eigenvalue weighted by Crippen LogP contribution is -2.42. The van der Waals surface area contributed by atoms with Crippen molar-refractivity contribution in [3.8, 4) is 0 Å². The number of hydrogen-bond acceptors (Lipinski definition) is 6. The van der Waals surface area contributed by atoms with E-state index in [0.717, 1.165) is 11.4 Å². The van der Waals surface area contributed by atoms with E-state index in [4.69, 9.17) is 4.74 Å². The molecule has 3 rings (SSSR count). The molecule has 0 N–H and O–H groups in total. The van der Waals surface area contributed by atoms with Gasteiger partial charge in [-0.1, -0.05) is 0 Å². The normalized spacial score (nSPS) is 19.6. The van der Waals surface area contributed by atoms with Crippen LogP contribution in [0.1, 0.15) is 29.0 Å². The van der Waals surface area contributed by atoms with Crippen LogP contribution >= 0.6 is 0 Å². The van der Waals surface area contributed by atoms with E-state index in [0.29, 0.717) is 24.7 Å². The first-order valence-electron chi connectivity index (χ1n) is 7.71. The number of rotatable bonds is 3. The fourth-order valence-electron chi connectivity index (χ4n) is 2.87. The summed E-state index contributed by atoms with van der Waals surface area (Å²) in [5, 5.41) is 4.13. The first kappa shape index (κ1) is 17.0. The van der Waals surface area contributed by atoms with Gasteiger partial charge in [-0.25, -0.2) is 18.4 Å². The predicted molar refractivity (Wildman–Crippen MR) is 86.9 cm³/mol. The topological polar surface area (TPSA) is 90.2 Å². The van der Waals surface area contributed by atoms with Crippen LogP contribution in [0.5, 0.6) is 0 Å². The third kappa shape index (κ3) is 3.19. The van der Waals surface area contributed by atoms with E-state index < -0.39 is 16.1 Å². The van der Waals surface area contributed by atoms with Gasteiger partial charge in [-0.15, -0.1) is 0 Å². The van der Waals surface area contributed by atoms with Crippen molar-refractivity contribution >= 4 is 10.0 Å². The Morgan fingerprint density at radius 3 is 2.46 bits per heavy atom. The molecule has 8 nitrogen and oxygen atoms in total. The van der Waals surface area contributed by atoms with Gasteiger partial charge in [-0.05, 0) is 26.8 Å². The molecule has 2 aromatic rings. The summed E-state index contributed by atoms with van der Waals surface area (Å²) in [6.45, 7) is 6.26. The third-order valence-corrected chi connectivity index (χ3v) is 5.87. The maximum absolute atomic E-state index is 12.9. The van der Waals surface area contributed by atoms with Gasteiger partial charge in [0.25, 0.3) is 0 Å². The van der Waals surface area contributed by atoms with Crippen molar-refractivity contribution in [1.82, 2.24) is 24.1 Å². The zero-order valence-corrected chi connectivity index (χ0v) is 15.0. The molecule has 3 heterocycles. The summed E-state index contributed by atoms with van der Waals surface area (Å²) in [4.78, 5) is 9.02. The highest BCUT2D eigenvalue weighted by atomic mass is 32.2. The molecule has 1 saturated heterocycles. The maximum Gasteiger partial charge on any atom is 0.246 e. The highest BCUT2D eigenvalue weighted by Gasteiger charge is 2.34. The molecule has 24 heavy (non-hydrogen) atoms. The van der Waals surface area contributed by atoms with Gasteiger partial charge in [0.1, 0.15) is 11.0 Å². The van der Waals surface area contributed by atoms with E-state index in [1.807, 2.05) is 19.9 Å². The molecule has 0 spiro atoms. The molecule has 1 fully saturated rings. The summed E-state index contributed by atoms with van der Waals surface area (Å²) in [6, 6.07) is 1.87. The third-order valence-electron chi connectivity index (χ3n) is 3.90.